The Kier molecular flexibility index (Phi) is 5.98. The van der Waals surface area contributed by atoms with Crippen molar-refractivity contribution in [1.82, 2.24) is 15.6 Å². The summed E-state index contributed by atoms with van der Waals surface area (Å²) in [4.78, 5) is 29.7. The van der Waals surface area contributed by atoms with Gasteiger partial charge in [0, 0.05) is 17.8 Å². The summed E-state index contributed by atoms with van der Waals surface area (Å²) in [5, 5.41) is 16.9. The molecule has 7 nitrogen and oxygen atoms in total. The molecule has 180 valence electrons. The molecule has 4 fully saturated rings. The van der Waals surface area contributed by atoms with Crippen LogP contribution in [0.15, 0.2) is 36.5 Å². The average molecular weight is 488 g/mol. The standard InChI is InChI=1S/C25H27ClFN3O4/c26-18-5-4-17(11-19(18)27)34-14-22(32)29-25-9-7-24(8-10-25,12-21(25)31)30-23(33)20-6-3-16(13-28-20)15-1-2-15/h3-6,11,13,15,21,31H,1-2,7-10,12,14H2,(H,29,32)(H,30,33). The molecule has 34 heavy (non-hydrogen) atoms. The summed E-state index contributed by atoms with van der Waals surface area (Å²) in [6.07, 6.45) is 6.02. The van der Waals surface area contributed by atoms with Crippen molar-refractivity contribution in [3.63, 3.8) is 0 Å². The minimum atomic E-state index is -0.808. The lowest BCUT2D eigenvalue weighted by Gasteiger charge is -2.56. The number of halogens is 2. The molecule has 4 saturated carbocycles. The van der Waals surface area contributed by atoms with Crippen LogP contribution in [0.5, 0.6) is 5.75 Å². The number of hydrogen-bond acceptors (Lipinski definition) is 5. The molecule has 1 aromatic carbocycles. The van der Waals surface area contributed by atoms with E-state index < -0.39 is 28.9 Å². The summed E-state index contributed by atoms with van der Waals surface area (Å²) in [5.41, 5.74) is 0.269. The van der Waals surface area contributed by atoms with E-state index in [1.165, 1.54) is 30.5 Å². The van der Waals surface area contributed by atoms with E-state index in [4.69, 9.17) is 16.3 Å². The average Bonchev–Trinajstić information content (AvgIpc) is 3.67. The number of carbonyl (C=O) groups excluding carboxylic acids is 2. The second kappa shape index (κ2) is 8.82. The maximum absolute atomic E-state index is 13.6. The molecular formula is C25H27ClFN3O4. The Labute approximate surface area is 202 Å². The van der Waals surface area contributed by atoms with Gasteiger partial charge in [-0.3, -0.25) is 14.6 Å². The molecule has 0 spiro atoms. The molecule has 9 heteroatoms. The van der Waals surface area contributed by atoms with Gasteiger partial charge in [0.2, 0.25) is 0 Å². The predicted molar refractivity (Wildman–Crippen MR) is 123 cm³/mol. The molecule has 1 unspecified atom stereocenters. The van der Waals surface area contributed by atoms with Crippen LogP contribution in [0.1, 0.15) is 66.9 Å². The number of aliphatic hydroxyl groups is 1. The zero-order chi connectivity index (χ0) is 23.9. The van der Waals surface area contributed by atoms with Gasteiger partial charge in [0.25, 0.3) is 11.8 Å². The molecule has 6 rings (SSSR count). The molecular weight excluding hydrogens is 461 g/mol. The number of aromatic nitrogens is 1. The van der Waals surface area contributed by atoms with E-state index in [1.807, 2.05) is 6.07 Å². The molecule has 4 aliphatic rings. The van der Waals surface area contributed by atoms with Crippen molar-refractivity contribution >= 4 is 23.4 Å². The van der Waals surface area contributed by atoms with Crippen LogP contribution in [-0.4, -0.2) is 45.7 Å². The monoisotopic (exact) mass is 487 g/mol. The Morgan fingerprint density at radius 1 is 1.15 bits per heavy atom. The number of amides is 2. The topological polar surface area (TPSA) is 101 Å². The minimum absolute atomic E-state index is 0.0233. The van der Waals surface area contributed by atoms with Crippen LogP contribution in [0.2, 0.25) is 5.02 Å². The first-order valence-corrected chi connectivity index (χ1v) is 12.0. The quantitative estimate of drug-likeness (QED) is 0.555. The van der Waals surface area contributed by atoms with Crippen LogP contribution in [0.3, 0.4) is 0 Å². The van der Waals surface area contributed by atoms with Gasteiger partial charge < -0.3 is 20.5 Å². The van der Waals surface area contributed by atoms with Crippen LogP contribution >= 0.6 is 11.6 Å². The summed E-state index contributed by atoms with van der Waals surface area (Å²) in [5.74, 6) is -0.482. The molecule has 2 bridgehead atoms. The molecule has 1 aromatic heterocycles. The van der Waals surface area contributed by atoms with Gasteiger partial charge in [-0.2, -0.15) is 0 Å². The van der Waals surface area contributed by atoms with Crippen LogP contribution in [-0.2, 0) is 4.79 Å². The van der Waals surface area contributed by atoms with E-state index in [0.717, 1.165) is 6.07 Å². The van der Waals surface area contributed by atoms with Gasteiger partial charge in [-0.15, -0.1) is 0 Å². The zero-order valence-electron chi connectivity index (χ0n) is 18.7. The second-order valence-electron chi connectivity index (χ2n) is 9.77. The lowest BCUT2D eigenvalue weighted by atomic mass is 9.60. The zero-order valence-corrected chi connectivity index (χ0v) is 19.4. The fraction of sp³-hybridized carbons (Fsp3) is 0.480. The molecule has 1 heterocycles. The molecule has 0 aliphatic heterocycles. The Hall–Kier alpha value is -2.71. The number of hydrogen-bond donors (Lipinski definition) is 3. The number of nitrogens with zero attached hydrogens (tertiary/aromatic N) is 1. The number of carbonyl (C=O) groups is 2. The molecule has 0 radical (unpaired) electrons. The Morgan fingerprint density at radius 3 is 2.53 bits per heavy atom. The van der Waals surface area contributed by atoms with Gasteiger partial charge in [0.05, 0.1) is 16.7 Å². The highest BCUT2D eigenvalue weighted by atomic mass is 35.5. The summed E-state index contributed by atoms with van der Waals surface area (Å²) >= 11 is 5.66. The summed E-state index contributed by atoms with van der Waals surface area (Å²) in [6.45, 7) is -0.306. The third-order valence-electron chi connectivity index (χ3n) is 7.42. The highest BCUT2D eigenvalue weighted by molar-refractivity contribution is 6.30. The van der Waals surface area contributed by atoms with Crippen LogP contribution < -0.4 is 15.4 Å². The van der Waals surface area contributed by atoms with E-state index in [9.17, 15) is 19.1 Å². The van der Waals surface area contributed by atoms with E-state index in [2.05, 4.69) is 15.6 Å². The fourth-order valence-electron chi connectivity index (χ4n) is 5.19. The summed E-state index contributed by atoms with van der Waals surface area (Å²) in [7, 11) is 0. The third kappa shape index (κ3) is 4.61. The largest absolute Gasteiger partial charge is 0.484 e. The first-order valence-electron chi connectivity index (χ1n) is 11.6. The molecule has 3 N–H and O–H groups in total. The molecule has 2 amide bonds. The van der Waals surface area contributed by atoms with Crippen LogP contribution in [0, 0.1) is 5.82 Å². The Morgan fingerprint density at radius 2 is 1.91 bits per heavy atom. The number of benzene rings is 1. The van der Waals surface area contributed by atoms with Gasteiger partial charge in [-0.05, 0) is 74.6 Å². The maximum Gasteiger partial charge on any atom is 0.270 e. The van der Waals surface area contributed by atoms with Crippen molar-refractivity contribution in [2.75, 3.05) is 6.61 Å². The number of rotatable bonds is 7. The van der Waals surface area contributed by atoms with Crippen molar-refractivity contribution < 1.29 is 23.8 Å². The SMILES string of the molecule is O=C(COc1ccc(Cl)c(F)c1)NC12CCC(NC(=O)c3ccc(C4CC4)cn3)(CC1)CC2O. The first kappa shape index (κ1) is 23.1. The smallest absolute Gasteiger partial charge is 0.270 e. The number of fused-ring (bicyclic) bond motifs is 3. The van der Waals surface area contributed by atoms with Gasteiger partial charge >= 0.3 is 0 Å². The molecule has 1 atom stereocenters. The first-order chi connectivity index (χ1) is 16.3. The summed E-state index contributed by atoms with van der Waals surface area (Å²) in [6, 6.07) is 7.70. The molecule has 4 aliphatic carbocycles. The Bertz CT molecular complexity index is 1100. The van der Waals surface area contributed by atoms with Crippen LogP contribution in [0.4, 0.5) is 4.39 Å². The van der Waals surface area contributed by atoms with Crippen LogP contribution in [0.25, 0.3) is 0 Å². The van der Waals surface area contributed by atoms with Crippen molar-refractivity contribution in [3.05, 3.63) is 58.6 Å². The number of ether oxygens (including phenoxy) is 1. The van der Waals surface area contributed by atoms with Gasteiger partial charge in [-0.1, -0.05) is 17.7 Å². The number of aliphatic hydroxyl groups excluding tert-OH is 1. The lowest BCUT2D eigenvalue weighted by molar-refractivity contribution is -0.132. The van der Waals surface area contributed by atoms with Crippen molar-refractivity contribution in [3.8, 4) is 5.75 Å². The lowest BCUT2D eigenvalue weighted by Crippen LogP contribution is -2.70. The normalized spacial score (nSPS) is 27.8. The Balaban J connectivity index is 1.16. The van der Waals surface area contributed by atoms with Gasteiger partial charge in [0.15, 0.2) is 6.61 Å². The number of nitrogens with one attached hydrogen (secondary N) is 2. The maximum atomic E-state index is 13.6. The van der Waals surface area contributed by atoms with E-state index in [1.54, 1.807) is 12.3 Å². The molecule has 0 saturated heterocycles. The van der Waals surface area contributed by atoms with Gasteiger partial charge in [-0.25, -0.2) is 4.39 Å². The fourth-order valence-corrected chi connectivity index (χ4v) is 5.31. The summed E-state index contributed by atoms with van der Waals surface area (Å²) < 4.78 is 18.9. The van der Waals surface area contributed by atoms with Crippen molar-refractivity contribution in [1.29, 1.82) is 0 Å². The highest BCUT2D eigenvalue weighted by Gasteiger charge is 2.55. The number of pyridine rings is 1. The minimum Gasteiger partial charge on any atom is -0.484 e. The van der Waals surface area contributed by atoms with E-state index in [-0.39, 0.29) is 23.3 Å². The molecule has 2 aromatic rings. The predicted octanol–water partition coefficient (Wildman–Crippen LogP) is 3.49. The third-order valence-corrected chi connectivity index (χ3v) is 7.72. The van der Waals surface area contributed by atoms with E-state index >= 15 is 0 Å². The van der Waals surface area contributed by atoms with Crippen molar-refractivity contribution in [2.45, 2.75) is 68.0 Å². The van der Waals surface area contributed by atoms with Crippen molar-refractivity contribution in [2.24, 2.45) is 0 Å². The van der Waals surface area contributed by atoms with Gasteiger partial charge in [0.1, 0.15) is 17.3 Å². The second-order valence-corrected chi connectivity index (χ2v) is 10.2. The highest BCUT2D eigenvalue weighted by Crippen LogP contribution is 2.47. The van der Waals surface area contributed by atoms with E-state index in [0.29, 0.717) is 43.7 Å².